The predicted octanol–water partition coefficient (Wildman–Crippen LogP) is 2.24. The van der Waals surface area contributed by atoms with Gasteiger partial charge in [0.1, 0.15) is 0 Å². The van der Waals surface area contributed by atoms with Crippen LogP contribution in [0.3, 0.4) is 0 Å². The quantitative estimate of drug-likeness (QED) is 0.886. The molecule has 1 aromatic carbocycles. The molecule has 2 aromatic rings. The normalized spacial score (nSPS) is 10.0. The minimum atomic E-state index is -0.123. The molecule has 0 unspecified atom stereocenters. The number of likely N-dealkylation sites (N-methyl/N-ethyl adjacent to an activating group) is 1. The number of aromatic nitrogens is 1. The Bertz CT molecular complexity index is 602. The number of carbonyl (C=O) groups excluding carboxylic acids is 1. The number of benzene rings is 1. The van der Waals surface area contributed by atoms with Crippen molar-refractivity contribution in [3.8, 4) is 11.5 Å². The van der Waals surface area contributed by atoms with Gasteiger partial charge in [-0.2, -0.15) is 0 Å². The summed E-state index contributed by atoms with van der Waals surface area (Å²) in [6, 6.07) is 5.51. The Morgan fingerprint density at radius 2 is 2.10 bits per heavy atom. The van der Waals surface area contributed by atoms with Gasteiger partial charge in [-0.1, -0.05) is 0 Å². The highest BCUT2D eigenvalue weighted by atomic mass is 32.1. The molecular formula is C14H17N3O3S. The number of rotatable bonds is 6. The molecule has 0 aliphatic carbocycles. The van der Waals surface area contributed by atoms with Crippen LogP contribution in [0, 0.1) is 0 Å². The SMILES string of the molecule is COc1ccc(N(C)CC(=O)Nc2nccs2)cc1OC. The van der Waals surface area contributed by atoms with Gasteiger partial charge in [0.05, 0.1) is 20.8 Å². The highest BCUT2D eigenvalue weighted by Crippen LogP contribution is 2.31. The van der Waals surface area contributed by atoms with Crippen molar-refractivity contribution in [3.05, 3.63) is 29.8 Å². The van der Waals surface area contributed by atoms with E-state index in [-0.39, 0.29) is 12.5 Å². The third-order valence-electron chi connectivity index (χ3n) is 2.87. The fourth-order valence-electron chi connectivity index (χ4n) is 1.81. The molecule has 7 heteroatoms. The summed E-state index contributed by atoms with van der Waals surface area (Å²) in [5, 5.41) is 5.16. The molecule has 1 amide bonds. The van der Waals surface area contributed by atoms with E-state index < -0.39 is 0 Å². The van der Waals surface area contributed by atoms with Crippen LogP contribution in [0.4, 0.5) is 10.8 Å². The number of hydrogen-bond donors (Lipinski definition) is 1. The van der Waals surface area contributed by atoms with Crippen molar-refractivity contribution in [1.29, 1.82) is 0 Å². The van der Waals surface area contributed by atoms with E-state index in [0.717, 1.165) is 5.69 Å². The predicted molar refractivity (Wildman–Crippen MR) is 83.6 cm³/mol. The molecule has 2 rings (SSSR count). The first-order chi connectivity index (χ1) is 10.1. The second kappa shape index (κ2) is 6.94. The molecule has 6 nitrogen and oxygen atoms in total. The van der Waals surface area contributed by atoms with Gasteiger partial charge < -0.3 is 19.7 Å². The summed E-state index contributed by atoms with van der Waals surface area (Å²) in [5.74, 6) is 1.16. The Morgan fingerprint density at radius 1 is 1.33 bits per heavy atom. The molecule has 0 radical (unpaired) electrons. The molecule has 21 heavy (non-hydrogen) atoms. The van der Waals surface area contributed by atoms with Crippen LogP contribution in [0.15, 0.2) is 29.8 Å². The van der Waals surface area contributed by atoms with E-state index >= 15 is 0 Å². The van der Waals surface area contributed by atoms with Gasteiger partial charge in [0, 0.05) is 30.4 Å². The Morgan fingerprint density at radius 3 is 2.71 bits per heavy atom. The van der Waals surface area contributed by atoms with Crippen LogP contribution in [0.2, 0.25) is 0 Å². The van der Waals surface area contributed by atoms with E-state index in [9.17, 15) is 4.79 Å². The first-order valence-electron chi connectivity index (χ1n) is 6.26. The van der Waals surface area contributed by atoms with Crippen LogP contribution in [0.5, 0.6) is 11.5 Å². The Hall–Kier alpha value is -2.28. The summed E-state index contributed by atoms with van der Waals surface area (Å²) >= 11 is 1.39. The first kappa shape index (κ1) is 15.1. The number of methoxy groups -OCH3 is 2. The van der Waals surface area contributed by atoms with Crippen molar-refractivity contribution in [2.75, 3.05) is 38.0 Å². The van der Waals surface area contributed by atoms with E-state index in [1.807, 2.05) is 35.5 Å². The Balaban J connectivity index is 2.02. The van der Waals surface area contributed by atoms with Gasteiger partial charge in [-0.05, 0) is 12.1 Å². The van der Waals surface area contributed by atoms with Crippen LogP contribution in [0.25, 0.3) is 0 Å². The second-order valence-electron chi connectivity index (χ2n) is 4.28. The highest BCUT2D eigenvalue weighted by molar-refractivity contribution is 7.13. The molecule has 0 fully saturated rings. The van der Waals surface area contributed by atoms with Crippen molar-refractivity contribution in [2.45, 2.75) is 0 Å². The number of carbonyl (C=O) groups is 1. The maximum absolute atomic E-state index is 11.9. The summed E-state index contributed by atoms with van der Waals surface area (Å²) in [4.78, 5) is 17.8. The molecule has 0 bridgehead atoms. The van der Waals surface area contributed by atoms with E-state index in [2.05, 4.69) is 10.3 Å². The Kier molecular flexibility index (Phi) is 4.99. The molecular weight excluding hydrogens is 290 g/mol. The average molecular weight is 307 g/mol. The molecule has 0 atom stereocenters. The minimum Gasteiger partial charge on any atom is -0.493 e. The first-order valence-corrected chi connectivity index (χ1v) is 7.14. The van der Waals surface area contributed by atoms with E-state index in [1.165, 1.54) is 11.3 Å². The minimum absolute atomic E-state index is 0.123. The summed E-state index contributed by atoms with van der Waals surface area (Å²) in [6.07, 6.45) is 1.65. The molecule has 1 N–H and O–H groups in total. The maximum atomic E-state index is 11.9. The van der Waals surface area contributed by atoms with Gasteiger partial charge in [-0.25, -0.2) is 4.98 Å². The number of nitrogens with one attached hydrogen (secondary N) is 1. The fraction of sp³-hybridized carbons (Fsp3) is 0.286. The molecule has 112 valence electrons. The molecule has 0 saturated carbocycles. The third kappa shape index (κ3) is 3.85. The van der Waals surface area contributed by atoms with Gasteiger partial charge in [0.15, 0.2) is 16.6 Å². The summed E-state index contributed by atoms with van der Waals surface area (Å²) in [5.41, 5.74) is 0.863. The fourth-order valence-corrected chi connectivity index (χ4v) is 2.36. The largest absolute Gasteiger partial charge is 0.493 e. The smallest absolute Gasteiger partial charge is 0.245 e. The molecule has 0 saturated heterocycles. The topological polar surface area (TPSA) is 63.7 Å². The van der Waals surface area contributed by atoms with Gasteiger partial charge in [-0.15, -0.1) is 11.3 Å². The lowest BCUT2D eigenvalue weighted by molar-refractivity contribution is -0.114. The number of anilines is 2. The molecule has 0 spiro atoms. The number of ether oxygens (including phenoxy) is 2. The number of nitrogens with zero attached hydrogens (tertiary/aromatic N) is 2. The molecule has 0 aliphatic rings. The van der Waals surface area contributed by atoms with Crippen LogP contribution < -0.4 is 19.7 Å². The van der Waals surface area contributed by atoms with Crippen LogP contribution in [-0.2, 0) is 4.79 Å². The van der Waals surface area contributed by atoms with Crippen LogP contribution in [-0.4, -0.2) is 38.7 Å². The van der Waals surface area contributed by atoms with Crippen molar-refractivity contribution < 1.29 is 14.3 Å². The van der Waals surface area contributed by atoms with Crippen molar-refractivity contribution in [3.63, 3.8) is 0 Å². The van der Waals surface area contributed by atoms with Gasteiger partial charge in [0.25, 0.3) is 0 Å². The van der Waals surface area contributed by atoms with E-state index in [0.29, 0.717) is 16.6 Å². The zero-order chi connectivity index (χ0) is 15.2. The summed E-state index contributed by atoms with van der Waals surface area (Å²) in [6.45, 7) is 0.217. The number of hydrogen-bond acceptors (Lipinski definition) is 6. The van der Waals surface area contributed by atoms with Crippen molar-refractivity contribution >= 4 is 28.1 Å². The molecule has 0 aliphatic heterocycles. The monoisotopic (exact) mass is 307 g/mol. The number of thiazole rings is 1. The Labute approximate surface area is 127 Å². The van der Waals surface area contributed by atoms with Crippen LogP contribution in [0.1, 0.15) is 0 Å². The van der Waals surface area contributed by atoms with Gasteiger partial charge >= 0.3 is 0 Å². The maximum Gasteiger partial charge on any atom is 0.245 e. The summed E-state index contributed by atoms with van der Waals surface area (Å²) in [7, 11) is 5.00. The van der Waals surface area contributed by atoms with E-state index in [1.54, 1.807) is 20.4 Å². The lowest BCUT2D eigenvalue weighted by atomic mass is 10.2. The highest BCUT2D eigenvalue weighted by Gasteiger charge is 2.11. The summed E-state index contributed by atoms with van der Waals surface area (Å²) < 4.78 is 10.4. The number of amides is 1. The third-order valence-corrected chi connectivity index (χ3v) is 3.56. The van der Waals surface area contributed by atoms with Crippen LogP contribution >= 0.6 is 11.3 Å². The van der Waals surface area contributed by atoms with Gasteiger partial charge in [0.2, 0.25) is 5.91 Å². The lowest BCUT2D eigenvalue weighted by Gasteiger charge is -2.19. The van der Waals surface area contributed by atoms with E-state index in [4.69, 9.17) is 9.47 Å². The van der Waals surface area contributed by atoms with Crippen molar-refractivity contribution in [1.82, 2.24) is 4.98 Å². The zero-order valence-corrected chi connectivity index (χ0v) is 12.9. The lowest BCUT2D eigenvalue weighted by Crippen LogP contribution is -2.30. The van der Waals surface area contributed by atoms with Gasteiger partial charge in [-0.3, -0.25) is 4.79 Å². The molecule has 1 aromatic heterocycles. The standard InChI is InChI=1S/C14H17N3O3S/c1-17(9-13(18)16-14-15-6-7-21-14)10-4-5-11(19-2)12(8-10)20-3/h4-8H,9H2,1-3H3,(H,15,16,18). The zero-order valence-electron chi connectivity index (χ0n) is 12.1. The average Bonchev–Trinajstić information content (AvgIpc) is 2.99. The van der Waals surface area contributed by atoms with Crippen molar-refractivity contribution in [2.24, 2.45) is 0 Å². The molecule has 1 heterocycles. The second-order valence-corrected chi connectivity index (χ2v) is 5.18.